The number of nitrogens with one attached hydrogen (secondary N) is 1. The lowest BCUT2D eigenvalue weighted by atomic mass is 9.70. The number of amides is 2. The molecule has 2 amide bonds. The summed E-state index contributed by atoms with van der Waals surface area (Å²) in [5, 5.41) is 3.10. The Bertz CT molecular complexity index is 678. The number of carbonyl (C=O) groups excluding carboxylic acids is 2. The number of hydrogen-bond acceptors (Lipinski definition) is 3. The van der Waals surface area contributed by atoms with Crippen molar-refractivity contribution >= 4 is 17.5 Å². The van der Waals surface area contributed by atoms with E-state index in [0.29, 0.717) is 23.3 Å². The molecule has 1 saturated heterocycles. The van der Waals surface area contributed by atoms with Crippen molar-refractivity contribution in [3.8, 4) is 0 Å². The summed E-state index contributed by atoms with van der Waals surface area (Å²) in [7, 11) is 2.08. The molecule has 5 heteroatoms. The Morgan fingerprint density at radius 1 is 1.04 bits per heavy atom. The van der Waals surface area contributed by atoms with Gasteiger partial charge in [0.15, 0.2) is 0 Å². The van der Waals surface area contributed by atoms with Gasteiger partial charge < -0.3 is 15.1 Å². The summed E-state index contributed by atoms with van der Waals surface area (Å²) in [6.45, 7) is 10.1. The van der Waals surface area contributed by atoms with Gasteiger partial charge in [-0.2, -0.15) is 0 Å². The van der Waals surface area contributed by atoms with E-state index in [-0.39, 0.29) is 17.7 Å². The van der Waals surface area contributed by atoms with Crippen LogP contribution in [0.15, 0.2) is 24.3 Å². The molecule has 5 nitrogen and oxygen atoms in total. The lowest BCUT2D eigenvalue weighted by Crippen LogP contribution is -2.47. The summed E-state index contributed by atoms with van der Waals surface area (Å²) in [5.41, 5.74) is 1.47. The Labute approximate surface area is 169 Å². The van der Waals surface area contributed by atoms with Crippen LogP contribution in [-0.4, -0.2) is 54.8 Å². The topological polar surface area (TPSA) is 52.7 Å². The molecule has 2 aliphatic rings. The van der Waals surface area contributed by atoms with Crippen molar-refractivity contribution in [2.24, 2.45) is 23.7 Å². The van der Waals surface area contributed by atoms with E-state index < -0.39 is 0 Å². The second-order valence-electron chi connectivity index (χ2n) is 9.09. The quantitative estimate of drug-likeness (QED) is 0.859. The molecule has 0 aromatic heterocycles. The first-order chi connectivity index (χ1) is 13.3. The summed E-state index contributed by atoms with van der Waals surface area (Å²) in [6, 6.07) is 7.38. The zero-order valence-corrected chi connectivity index (χ0v) is 17.8. The largest absolute Gasteiger partial charge is 0.336 e. The fraction of sp³-hybridized carbons (Fsp3) is 0.652. The van der Waals surface area contributed by atoms with Crippen LogP contribution in [0.2, 0.25) is 0 Å². The highest BCUT2D eigenvalue weighted by atomic mass is 16.2. The van der Waals surface area contributed by atoms with Crippen molar-refractivity contribution in [3.63, 3.8) is 0 Å². The lowest BCUT2D eigenvalue weighted by molar-refractivity contribution is -0.123. The molecular formula is C23H35N3O2. The molecule has 154 valence electrons. The molecule has 1 N–H and O–H groups in total. The molecule has 28 heavy (non-hydrogen) atoms. The van der Waals surface area contributed by atoms with Gasteiger partial charge in [-0.15, -0.1) is 0 Å². The summed E-state index contributed by atoms with van der Waals surface area (Å²) in [5.74, 6) is 1.86. The number of rotatable bonds is 4. The number of benzene rings is 1. The Hall–Kier alpha value is -1.88. The Kier molecular flexibility index (Phi) is 6.76. The van der Waals surface area contributed by atoms with Gasteiger partial charge >= 0.3 is 0 Å². The molecule has 2 fully saturated rings. The van der Waals surface area contributed by atoms with Gasteiger partial charge in [-0.05, 0) is 61.9 Å². The van der Waals surface area contributed by atoms with E-state index >= 15 is 0 Å². The van der Waals surface area contributed by atoms with Crippen LogP contribution in [0.4, 0.5) is 5.69 Å². The van der Waals surface area contributed by atoms with Crippen molar-refractivity contribution < 1.29 is 9.59 Å². The average molecular weight is 386 g/mol. The van der Waals surface area contributed by atoms with Crippen molar-refractivity contribution in [2.45, 2.75) is 40.0 Å². The van der Waals surface area contributed by atoms with E-state index in [1.165, 1.54) is 6.42 Å². The fourth-order valence-corrected chi connectivity index (χ4v) is 4.63. The molecule has 0 radical (unpaired) electrons. The van der Waals surface area contributed by atoms with Crippen LogP contribution in [0.5, 0.6) is 0 Å². The number of piperazine rings is 1. The molecule has 1 aromatic rings. The zero-order chi connectivity index (χ0) is 20.3. The first kappa shape index (κ1) is 20.8. The van der Waals surface area contributed by atoms with E-state index in [1.807, 2.05) is 29.2 Å². The van der Waals surface area contributed by atoms with Crippen LogP contribution >= 0.6 is 0 Å². The zero-order valence-electron chi connectivity index (χ0n) is 17.8. The summed E-state index contributed by atoms with van der Waals surface area (Å²) < 4.78 is 0. The maximum Gasteiger partial charge on any atom is 0.253 e. The Morgan fingerprint density at radius 3 is 2.29 bits per heavy atom. The minimum Gasteiger partial charge on any atom is -0.336 e. The van der Waals surface area contributed by atoms with Gasteiger partial charge in [-0.3, -0.25) is 9.59 Å². The Morgan fingerprint density at radius 2 is 1.68 bits per heavy atom. The summed E-state index contributed by atoms with van der Waals surface area (Å²) in [4.78, 5) is 29.7. The van der Waals surface area contributed by atoms with Crippen molar-refractivity contribution in [1.82, 2.24) is 9.80 Å². The van der Waals surface area contributed by atoms with Gasteiger partial charge in [0.2, 0.25) is 5.91 Å². The first-order valence-electron chi connectivity index (χ1n) is 10.7. The van der Waals surface area contributed by atoms with E-state index in [2.05, 4.69) is 38.0 Å². The van der Waals surface area contributed by atoms with Gasteiger partial charge in [-0.1, -0.05) is 27.2 Å². The fourth-order valence-electron chi connectivity index (χ4n) is 4.63. The molecule has 1 aliphatic carbocycles. The molecular weight excluding hydrogens is 350 g/mol. The molecule has 1 heterocycles. The highest BCUT2D eigenvalue weighted by molar-refractivity contribution is 5.96. The minimum atomic E-state index is 0.0759. The van der Waals surface area contributed by atoms with Crippen molar-refractivity contribution in [2.75, 3.05) is 38.5 Å². The smallest absolute Gasteiger partial charge is 0.253 e. The highest BCUT2D eigenvalue weighted by Gasteiger charge is 2.35. The molecule has 3 rings (SSSR count). The number of likely N-dealkylation sites (N-methyl/N-ethyl adjacent to an activating group) is 1. The number of nitrogens with zero attached hydrogens (tertiary/aromatic N) is 2. The van der Waals surface area contributed by atoms with Crippen LogP contribution in [0.25, 0.3) is 0 Å². The van der Waals surface area contributed by atoms with E-state index in [4.69, 9.17) is 0 Å². The van der Waals surface area contributed by atoms with Crippen molar-refractivity contribution in [1.29, 1.82) is 0 Å². The predicted molar refractivity (Wildman–Crippen MR) is 113 cm³/mol. The normalized spacial score (nSPS) is 26.3. The number of carbonyl (C=O) groups is 2. The van der Waals surface area contributed by atoms with Gasteiger partial charge in [0.1, 0.15) is 0 Å². The Balaban J connectivity index is 1.61. The van der Waals surface area contributed by atoms with Crippen LogP contribution in [-0.2, 0) is 4.79 Å². The number of hydrogen-bond donors (Lipinski definition) is 1. The molecule has 1 saturated carbocycles. The van der Waals surface area contributed by atoms with Crippen LogP contribution in [0.3, 0.4) is 0 Å². The molecule has 3 atom stereocenters. The summed E-state index contributed by atoms with van der Waals surface area (Å²) in [6.07, 6.45) is 3.32. The molecule has 1 aromatic carbocycles. The van der Waals surface area contributed by atoms with E-state index in [0.717, 1.165) is 44.7 Å². The standard InChI is InChI=1S/C23H35N3O2/c1-16(2)20-10-5-17(3)15-21(20)22(27)24-19-8-6-18(7-9-19)23(28)26-13-11-25(4)12-14-26/h6-9,16-17,20-21H,5,10-15H2,1-4H3,(H,24,27). The second kappa shape index (κ2) is 9.08. The summed E-state index contributed by atoms with van der Waals surface area (Å²) >= 11 is 0. The second-order valence-corrected chi connectivity index (χ2v) is 9.09. The van der Waals surface area contributed by atoms with E-state index in [1.54, 1.807) is 0 Å². The first-order valence-corrected chi connectivity index (χ1v) is 10.7. The van der Waals surface area contributed by atoms with Crippen molar-refractivity contribution in [3.05, 3.63) is 29.8 Å². The van der Waals surface area contributed by atoms with E-state index in [9.17, 15) is 9.59 Å². The highest BCUT2D eigenvalue weighted by Crippen LogP contribution is 2.38. The van der Waals surface area contributed by atoms with Crippen LogP contribution in [0.1, 0.15) is 50.4 Å². The molecule has 0 spiro atoms. The average Bonchev–Trinajstić information content (AvgIpc) is 2.68. The number of anilines is 1. The van der Waals surface area contributed by atoms with Gasteiger partial charge in [-0.25, -0.2) is 0 Å². The van der Waals surface area contributed by atoms with Gasteiger partial charge in [0.25, 0.3) is 5.91 Å². The SMILES string of the molecule is CC1CCC(C(C)C)C(C(=O)Nc2ccc(C(=O)N3CCN(C)CC3)cc2)C1. The van der Waals surface area contributed by atoms with Gasteiger partial charge in [0.05, 0.1) is 0 Å². The molecule has 1 aliphatic heterocycles. The monoisotopic (exact) mass is 385 g/mol. The lowest BCUT2D eigenvalue weighted by Gasteiger charge is -2.36. The third kappa shape index (κ3) is 4.93. The minimum absolute atomic E-state index is 0.0759. The molecule has 3 unspecified atom stereocenters. The van der Waals surface area contributed by atoms with Gasteiger partial charge in [0, 0.05) is 43.3 Å². The maximum absolute atomic E-state index is 12.9. The third-order valence-corrected chi connectivity index (χ3v) is 6.55. The maximum atomic E-state index is 12.9. The third-order valence-electron chi connectivity index (χ3n) is 6.55. The predicted octanol–water partition coefficient (Wildman–Crippen LogP) is 3.72. The molecule has 0 bridgehead atoms. The van der Waals surface area contributed by atoms with Crippen LogP contribution in [0, 0.1) is 23.7 Å². The van der Waals surface area contributed by atoms with Crippen LogP contribution < -0.4 is 5.32 Å².